The summed E-state index contributed by atoms with van der Waals surface area (Å²) in [6.07, 6.45) is 3.18. The van der Waals surface area contributed by atoms with Crippen LogP contribution in [0.4, 0.5) is 0 Å². The van der Waals surface area contributed by atoms with Crippen LogP contribution in [0.15, 0.2) is 35.1 Å². The van der Waals surface area contributed by atoms with Gasteiger partial charge >= 0.3 is 0 Å². The number of hydrogen-bond acceptors (Lipinski definition) is 2. The molecule has 1 aliphatic carbocycles. The van der Waals surface area contributed by atoms with Crippen molar-refractivity contribution >= 4 is 0 Å². The van der Waals surface area contributed by atoms with Crippen LogP contribution in [-0.2, 0) is 12.8 Å². The van der Waals surface area contributed by atoms with Crippen molar-refractivity contribution in [3.05, 3.63) is 68.6 Å². The quantitative estimate of drug-likeness (QED) is 0.945. The van der Waals surface area contributed by atoms with E-state index in [1.807, 2.05) is 34.9 Å². The Balaban J connectivity index is 2.13. The molecule has 0 amide bonds. The van der Waals surface area contributed by atoms with Gasteiger partial charge in [-0.1, -0.05) is 29.8 Å². The molecular formula is C19H24N2O. The second-order valence-electron chi connectivity index (χ2n) is 6.58. The third-order valence-electron chi connectivity index (χ3n) is 4.60. The number of aromatic nitrogens is 1. The number of hydrogen-bond donors (Lipinski definition) is 1. The van der Waals surface area contributed by atoms with Crippen molar-refractivity contribution in [1.82, 2.24) is 4.57 Å². The Hall–Kier alpha value is -1.87. The van der Waals surface area contributed by atoms with Crippen LogP contribution in [0.3, 0.4) is 0 Å². The van der Waals surface area contributed by atoms with Crippen molar-refractivity contribution in [2.75, 3.05) is 0 Å². The monoisotopic (exact) mass is 296 g/mol. The van der Waals surface area contributed by atoms with Gasteiger partial charge in [-0.15, -0.1) is 0 Å². The van der Waals surface area contributed by atoms with E-state index in [0.717, 1.165) is 30.4 Å². The maximum absolute atomic E-state index is 12.9. The number of rotatable bonds is 3. The first-order valence-corrected chi connectivity index (χ1v) is 8.08. The summed E-state index contributed by atoms with van der Waals surface area (Å²) in [6, 6.07) is 9.99. The van der Waals surface area contributed by atoms with Gasteiger partial charge in [0, 0.05) is 17.3 Å². The Kier molecular flexibility index (Phi) is 3.92. The van der Waals surface area contributed by atoms with E-state index in [4.69, 9.17) is 5.73 Å². The highest BCUT2D eigenvalue weighted by Gasteiger charge is 2.23. The lowest BCUT2D eigenvalue weighted by atomic mass is 9.97. The molecule has 22 heavy (non-hydrogen) atoms. The van der Waals surface area contributed by atoms with E-state index in [1.165, 1.54) is 16.8 Å². The molecule has 3 rings (SSSR count). The van der Waals surface area contributed by atoms with Gasteiger partial charge in [-0.05, 0) is 57.2 Å². The predicted octanol–water partition coefficient (Wildman–Crippen LogP) is 3.27. The van der Waals surface area contributed by atoms with Crippen LogP contribution in [-0.4, -0.2) is 4.57 Å². The molecule has 0 fully saturated rings. The lowest BCUT2D eigenvalue weighted by Crippen LogP contribution is -2.32. The largest absolute Gasteiger partial charge is 0.320 e. The van der Waals surface area contributed by atoms with Crippen molar-refractivity contribution < 1.29 is 0 Å². The van der Waals surface area contributed by atoms with Gasteiger partial charge in [-0.25, -0.2) is 0 Å². The minimum atomic E-state index is -0.357. The van der Waals surface area contributed by atoms with Crippen LogP contribution in [0, 0.1) is 6.92 Å². The Bertz CT molecular complexity index is 741. The highest BCUT2D eigenvalue weighted by molar-refractivity contribution is 5.37. The Morgan fingerprint density at radius 3 is 2.45 bits per heavy atom. The Morgan fingerprint density at radius 1 is 1.14 bits per heavy atom. The minimum absolute atomic E-state index is 0.0729. The van der Waals surface area contributed by atoms with Gasteiger partial charge in [0.1, 0.15) is 0 Å². The molecule has 3 nitrogen and oxygen atoms in total. The van der Waals surface area contributed by atoms with Crippen LogP contribution in [0.2, 0.25) is 0 Å². The van der Waals surface area contributed by atoms with Crippen molar-refractivity contribution in [2.45, 2.75) is 52.1 Å². The first kappa shape index (κ1) is 15.0. The molecule has 0 bridgehead atoms. The molecule has 1 aromatic heterocycles. The number of aryl methyl sites for hydroxylation is 2. The van der Waals surface area contributed by atoms with E-state index in [0.29, 0.717) is 0 Å². The fourth-order valence-corrected chi connectivity index (χ4v) is 3.42. The number of fused-ring (bicyclic) bond motifs is 1. The average molecular weight is 296 g/mol. The zero-order chi connectivity index (χ0) is 15.9. The first-order valence-electron chi connectivity index (χ1n) is 8.08. The molecule has 0 aliphatic heterocycles. The fraction of sp³-hybridized carbons (Fsp3) is 0.421. The molecule has 0 radical (unpaired) electrons. The van der Waals surface area contributed by atoms with Crippen LogP contribution in [0.25, 0.3) is 0 Å². The normalized spacial score (nSPS) is 15.1. The van der Waals surface area contributed by atoms with Crippen molar-refractivity contribution in [3.63, 3.8) is 0 Å². The molecule has 0 spiro atoms. The molecule has 1 atom stereocenters. The van der Waals surface area contributed by atoms with Crippen LogP contribution in [0.1, 0.15) is 60.3 Å². The van der Waals surface area contributed by atoms with Gasteiger partial charge in [0.05, 0.1) is 6.04 Å². The summed E-state index contributed by atoms with van der Waals surface area (Å²) in [7, 11) is 0. The second kappa shape index (κ2) is 5.73. The van der Waals surface area contributed by atoms with Gasteiger partial charge in [0.25, 0.3) is 5.56 Å². The summed E-state index contributed by atoms with van der Waals surface area (Å²) in [5.74, 6) is 0. The van der Waals surface area contributed by atoms with Crippen LogP contribution >= 0.6 is 0 Å². The van der Waals surface area contributed by atoms with E-state index in [2.05, 4.69) is 20.8 Å². The topological polar surface area (TPSA) is 48.0 Å². The van der Waals surface area contributed by atoms with Crippen molar-refractivity contribution in [2.24, 2.45) is 5.73 Å². The van der Waals surface area contributed by atoms with Crippen LogP contribution < -0.4 is 11.3 Å². The summed E-state index contributed by atoms with van der Waals surface area (Å²) < 4.78 is 1.95. The SMILES string of the molecule is Cc1ccc(C(N)c2cc3c(n(C(C)C)c2=O)CCC3)cc1. The summed E-state index contributed by atoms with van der Waals surface area (Å²) >= 11 is 0. The molecule has 2 N–H and O–H groups in total. The zero-order valence-corrected chi connectivity index (χ0v) is 13.6. The van der Waals surface area contributed by atoms with Crippen molar-refractivity contribution in [3.8, 4) is 0 Å². The highest BCUT2D eigenvalue weighted by atomic mass is 16.1. The number of pyridine rings is 1. The van der Waals surface area contributed by atoms with Crippen LogP contribution in [0.5, 0.6) is 0 Å². The molecular weight excluding hydrogens is 272 g/mol. The average Bonchev–Trinajstić information content (AvgIpc) is 2.94. The van der Waals surface area contributed by atoms with Gasteiger partial charge in [-0.2, -0.15) is 0 Å². The summed E-state index contributed by atoms with van der Waals surface area (Å²) in [5, 5.41) is 0. The second-order valence-corrected chi connectivity index (χ2v) is 6.58. The van der Waals surface area contributed by atoms with Gasteiger partial charge in [0.15, 0.2) is 0 Å². The maximum Gasteiger partial charge on any atom is 0.256 e. The van der Waals surface area contributed by atoms with E-state index in [9.17, 15) is 4.79 Å². The summed E-state index contributed by atoms with van der Waals surface area (Å²) in [6.45, 7) is 6.19. The molecule has 1 heterocycles. The predicted molar refractivity (Wildman–Crippen MR) is 90.3 cm³/mol. The van der Waals surface area contributed by atoms with Gasteiger partial charge in [0.2, 0.25) is 0 Å². The summed E-state index contributed by atoms with van der Waals surface area (Å²) in [5.41, 5.74) is 11.9. The van der Waals surface area contributed by atoms with Gasteiger partial charge < -0.3 is 10.3 Å². The van der Waals surface area contributed by atoms with E-state index in [-0.39, 0.29) is 17.6 Å². The Labute approximate surface area is 131 Å². The molecule has 2 aromatic rings. The lowest BCUT2D eigenvalue weighted by Gasteiger charge is -2.20. The lowest BCUT2D eigenvalue weighted by molar-refractivity contribution is 0.546. The highest BCUT2D eigenvalue weighted by Crippen LogP contribution is 2.26. The molecule has 0 saturated heterocycles. The molecule has 116 valence electrons. The fourth-order valence-electron chi connectivity index (χ4n) is 3.42. The third kappa shape index (κ3) is 2.50. The molecule has 1 aromatic carbocycles. The van der Waals surface area contributed by atoms with Gasteiger partial charge in [-0.3, -0.25) is 4.79 Å². The number of benzene rings is 1. The molecule has 1 unspecified atom stereocenters. The standard InChI is InChI=1S/C19H24N2O/c1-12(2)21-17-6-4-5-15(17)11-16(19(21)22)18(20)14-9-7-13(3)8-10-14/h7-12,18H,4-6,20H2,1-3H3. The maximum atomic E-state index is 12.9. The zero-order valence-electron chi connectivity index (χ0n) is 13.6. The summed E-state index contributed by atoms with van der Waals surface area (Å²) in [4.78, 5) is 12.9. The smallest absolute Gasteiger partial charge is 0.256 e. The van der Waals surface area contributed by atoms with E-state index >= 15 is 0 Å². The minimum Gasteiger partial charge on any atom is -0.320 e. The third-order valence-corrected chi connectivity index (χ3v) is 4.60. The van der Waals surface area contributed by atoms with E-state index < -0.39 is 0 Å². The molecule has 1 aliphatic rings. The first-order chi connectivity index (χ1) is 10.5. The van der Waals surface area contributed by atoms with E-state index in [1.54, 1.807) is 0 Å². The van der Waals surface area contributed by atoms with Crippen molar-refractivity contribution in [1.29, 1.82) is 0 Å². The molecule has 3 heteroatoms. The number of nitrogens with two attached hydrogens (primary N) is 1. The molecule has 0 saturated carbocycles. The number of nitrogens with zero attached hydrogens (tertiary/aromatic N) is 1. The Morgan fingerprint density at radius 2 is 1.82 bits per heavy atom.